The predicted molar refractivity (Wildman–Crippen MR) is 74.7 cm³/mol. The molecule has 4 heteroatoms. The maximum atomic E-state index is 11.8. The van der Waals surface area contributed by atoms with Crippen LogP contribution >= 0.6 is 0 Å². The maximum Gasteiger partial charge on any atom is 0.234 e. The summed E-state index contributed by atoms with van der Waals surface area (Å²) in [5.41, 5.74) is 1.12. The fourth-order valence-electron chi connectivity index (χ4n) is 2.12. The molecule has 0 bridgehead atoms. The summed E-state index contributed by atoms with van der Waals surface area (Å²) >= 11 is 0. The van der Waals surface area contributed by atoms with Crippen LogP contribution in [0.3, 0.4) is 0 Å². The van der Waals surface area contributed by atoms with Crippen LogP contribution in [0.4, 0.5) is 0 Å². The minimum absolute atomic E-state index is 0.0330. The summed E-state index contributed by atoms with van der Waals surface area (Å²) in [6, 6.07) is 10.2. The summed E-state index contributed by atoms with van der Waals surface area (Å²) in [6.07, 6.45) is 2.49. The molecule has 104 valence electrons. The second-order valence-electron chi connectivity index (χ2n) is 5.04. The highest BCUT2D eigenvalue weighted by Gasteiger charge is 2.30. The molecule has 0 spiro atoms. The highest BCUT2D eigenvalue weighted by atomic mass is 16.5. The van der Waals surface area contributed by atoms with Gasteiger partial charge < -0.3 is 15.4 Å². The molecule has 0 heterocycles. The number of nitrogens with one attached hydrogen (secondary N) is 2. The Kier molecular flexibility index (Phi) is 5.36. The van der Waals surface area contributed by atoms with Crippen molar-refractivity contribution >= 4 is 5.91 Å². The molecule has 1 fully saturated rings. The van der Waals surface area contributed by atoms with Crippen LogP contribution < -0.4 is 10.6 Å². The highest BCUT2D eigenvalue weighted by Crippen LogP contribution is 2.32. The van der Waals surface area contributed by atoms with Crippen molar-refractivity contribution in [2.24, 2.45) is 5.92 Å². The first-order valence-electron chi connectivity index (χ1n) is 6.82. The lowest BCUT2D eigenvalue weighted by molar-refractivity contribution is -0.120. The van der Waals surface area contributed by atoms with Gasteiger partial charge in [0.1, 0.15) is 0 Å². The summed E-state index contributed by atoms with van der Waals surface area (Å²) < 4.78 is 5.17. The third kappa shape index (κ3) is 5.01. The molecule has 2 N–H and O–H groups in total. The van der Waals surface area contributed by atoms with Crippen LogP contribution in [0.1, 0.15) is 18.4 Å². The monoisotopic (exact) mass is 262 g/mol. The molecule has 1 aromatic rings. The van der Waals surface area contributed by atoms with Crippen LogP contribution in [0.15, 0.2) is 30.3 Å². The summed E-state index contributed by atoms with van der Waals surface area (Å²) in [5, 5.41) is 6.20. The van der Waals surface area contributed by atoms with Gasteiger partial charge >= 0.3 is 0 Å². The van der Waals surface area contributed by atoms with E-state index >= 15 is 0 Å². The maximum absolute atomic E-state index is 11.8. The number of ether oxygens (including phenoxy) is 1. The Labute approximate surface area is 114 Å². The van der Waals surface area contributed by atoms with Gasteiger partial charge in [-0.1, -0.05) is 30.3 Å². The van der Waals surface area contributed by atoms with Gasteiger partial charge in [0.2, 0.25) is 5.91 Å². The van der Waals surface area contributed by atoms with Gasteiger partial charge in [-0.05, 0) is 24.3 Å². The Bertz CT molecular complexity index is 390. The van der Waals surface area contributed by atoms with E-state index in [1.165, 1.54) is 12.8 Å². The first-order chi connectivity index (χ1) is 9.29. The fourth-order valence-corrected chi connectivity index (χ4v) is 2.12. The number of benzene rings is 1. The fraction of sp³-hybridized carbons (Fsp3) is 0.533. The average molecular weight is 262 g/mol. The molecule has 1 aliphatic rings. The van der Waals surface area contributed by atoms with Crippen molar-refractivity contribution in [3.05, 3.63) is 35.9 Å². The van der Waals surface area contributed by atoms with Crippen molar-refractivity contribution in [2.75, 3.05) is 20.3 Å². The zero-order valence-corrected chi connectivity index (χ0v) is 11.4. The average Bonchev–Trinajstić information content (AvgIpc) is 3.27. The molecule has 0 aliphatic heterocycles. The van der Waals surface area contributed by atoms with Gasteiger partial charge in [0.05, 0.1) is 13.2 Å². The standard InChI is InChI=1S/C15H22N2O2/c1-19-11-14(13-7-8-13)16-10-15(18)17-9-12-5-3-2-4-6-12/h2-6,13-14,16H,7-11H2,1H3,(H,17,18). The summed E-state index contributed by atoms with van der Waals surface area (Å²) in [7, 11) is 1.70. The number of carbonyl (C=O) groups is 1. The molecular weight excluding hydrogens is 240 g/mol. The topological polar surface area (TPSA) is 50.4 Å². The first kappa shape index (κ1) is 14.0. The van der Waals surface area contributed by atoms with Gasteiger partial charge in [-0.15, -0.1) is 0 Å². The molecule has 1 aromatic carbocycles. The Morgan fingerprint density at radius 3 is 2.74 bits per heavy atom. The lowest BCUT2D eigenvalue weighted by Crippen LogP contribution is -2.42. The number of amides is 1. The lowest BCUT2D eigenvalue weighted by atomic mass is 10.2. The second kappa shape index (κ2) is 7.26. The zero-order chi connectivity index (χ0) is 13.5. The largest absolute Gasteiger partial charge is 0.383 e. The Balaban J connectivity index is 1.66. The molecule has 0 radical (unpaired) electrons. The van der Waals surface area contributed by atoms with Crippen LogP contribution in [0.5, 0.6) is 0 Å². The van der Waals surface area contributed by atoms with E-state index in [0.717, 1.165) is 5.56 Å². The number of methoxy groups -OCH3 is 1. The minimum Gasteiger partial charge on any atom is -0.383 e. The van der Waals surface area contributed by atoms with Gasteiger partial charge in [0.25, 0.3) is 0 Å². The minimum atomic E-state index is 0.0330. The van der Waals surface area contributed by atoms with Gasteiger partial charge in [-0.3, -0.25) is 4.79 Å². The second-order valence-corrected chi connectivity index (χ2v) is 5.04. The quantitative estimate of drug-likeness (QED) is 0.743. The van der Waals surface area contributed by atoms with Crippen molar-refractivity contribution < 1.29 is 9.53 Å². The molecule has 1 saturated carbocycles. The summed E-state index contributed by atoms with van der Waals surface area (Å²) in [6.45, 7) is 1.62. The van der Waals surface area contributed by atoms with E-state index in [2.05, 4.69) is 10.6 Å². The van der Waals surface area contributed by atoms with E-state index < -0.39 is 0 Å². The van der Waals surface area contributed by atoms with Crippen LogP contribution in [0.2, 0.25) is 0 Å². The van der Waals surface area contributed by atoms with Gasteiger partial charge in [-0.25, -0.2) is 0 Å². The smallest absolute Gasteiger partial charge is 0.234 e. The SMILES string of the molecule is COCC(NCC(=O)NCc1ccccc1)C1CC1. The summed E-state index contributed by atoms with van der Waals surface area (Å²) in [4.78, 5) is 11.8. The normalized spacial score (nSPS) is 16.1. The van der Waals surface area contributed by atoms with Crippen LogP contribution in [-0.4, -0.2) is 32.2 Å². The molecule has 2 rings (SSSR count). The summed E-state index contributed by atoms with van der Waals surface area (Å²) in [5.74, 6) is 0.715. The van der Waals surface area contributed by atoms with Crippen molar-refractivity contribution in [1.29, 1.82) is 0 Å². The molecule has 1 atom stereocenters. The van der Waals surface area contributed by atoms with E-state index in [-0.39, 0.29) is 5.91 Å². The van der Waals surface area contributed by atoms with Gasteiger partial charge in [-0.2, -0.15) is 0 Å². The molecule has 1 aliphatic carbocycles. The van der Waals surface area contributed by atoms with Crippen LogP contribution in [0.25, 0.3) is 0 Å². The number of rotatable bonds is 8. The van der Waals surface area contributed by atoms with Crippen molar-refractivity contribution in [2.45, 2.75) is 25.4 Å². The van der Waals surface area contributed by atoms with Crippen LogP contribution in [0, 0.1) is 5.92 Å². The molecule has 4 nitrogen and oxygen atoms in total. The molecule has 0 aromatic heterocycles. The van der Waals surface area contributed by atoms with Crippen molar-refractivity contribution in [1.82, 2.24) is 10.6 Å². The number of carbonyl (C=O) groups excluding carboxylic acids is 1. The number of hydrogen-bond acceptors (Lipinski definition) is 3. The first-order valence-corrected chi connectivity index (χ1v) is 6.82. The van der Waals surface area contributed by atoms with Crippen molar-refractivity contribution in [3.63, 3.8) is 0 Å². The molecule has 0 saturated heterocycles. The molecular formula is C15H22N2O2. The zero-order valence-electron chi connectivity index (χ0n) is 11.4. The van der Waals surface area contributed by atoms with E-state index in [4.69, 9.17) is 4.74 Å². The van der Waals surface area contributed by atoms with Gasteiger partial charge in [0, 0.05) is 19.7 Å². The number of hydrogen-bond donors (Lipinski definition) is 2. The van der Waals surface area contributed by atoms with Crippen LogP contribution in [-0.2, 0) is 16.1 Å². The van der Waals surface area contributed by atoms with E-state index in [1.54, 1.807) is 7.11 Å². The predicted octanol–water partition coefficient (Wildman–Crippen LogP) is 1.32. The highest BCUT2D eigenvalue weighted by molar-refractivity contribution is 5.78. The Hall–Kier alpha value is -1.39. The Morgan fingerprint density at radius 1 is 1.37 bits per heavy atom. The molecule has 1 unspecified atom stereocenters. The van der Waals surface area contributed by atoms with E-state index in [0.29, 0.717) is 31.7 Å². The third-order valence-corrected chi connectivity index (χ3v) is 3.39. The molecule has 1 amide bonds. The lowest BCUT2D eigenvalue weighted by Gasteiger charge is -2.16. The Morgan fingerprint density at radius 2 is 2.11 bits per heavy atom. The van der Waals surface area contributed by atoms with Crippen molar-refractivity contribution in [3.8, 4) is 0 Å². The van der Waals surface area contributed by atoms with Gasteiger partial charge in [0.15, 0.2) is 0 Å². The van der Waals surface area contributed by atoms with E-state index in [1.807, 2.05) is 30.3 Å². The van der Waals surface area contributed by atoms with E-state index in [9.17, 15) is 4.79 Å². The molecule has 19 heavy (non-hydrogen) atoms. The third-order valence-electron chi connectivity index (χ3n) is 3.39.